The predicted molar refractivity (Wildman–Crippen MR) is 97.6 cm³/mol. The van der Waals surface area contributed by atoms with E-state index in [0.29, 0.717) is 6.54 Å². The third kappa shape index (κ3) is 3.37. The molecule has 26 heavy (non-hydrogen) atoms. The summed E-state index contributed by atoms with van der Waals surface area (Å²) >= 11 is 0. The maximum atomic E-state index is 12.8. The highest BCUT2D eigenvalue weighted by atomic mass is 16.3. The van der Waals surface area contributed by atoms with Gasteiger partial charge in [-0.3, -0.25) is 14.5 Å². The summed E-state index contributed by atoms with van der Waals surface area (Å²) in [6, 6.07) is 11.4. The van der Waals surface area contributed by atoms with Crippen molar-refractivity contribution in [3.05, 3.63) is 54.0 Å². The molecule has 0 spiro atoms. The van der Waals surface area contributed by atoms with E-state index in [4.69, 9.17) is 4.42 Å². The van der Waals surface area contributed by atoms with Crippen molar-refractivity contribution in [3.8, 4) is 0 Å². The minimum atomic E-state index is -0.244. The standard InChI is InChI=1S/C20H23N3O3/c24-19(23-11-9-15-5-1-2-7-17(15)23)14-22-10-3-8-18(22)20(25)21-13-16-6-4-12-26-16/h1-2,4-7,12,18H,3,8-11,13-14H2,(H,21,25). The Morgan fingerprint density at radius 1 is 1.15 bits per heavy atom. The lowest BCUT2D eigenvalue weighted by Gasteiger charge is -2.26. The largest absolute Gasteiger partial charge is 0.467 e. The molecule has 0 bridgehead atoms. The highest BCUT2D eigenvalue weighted by Gasteiger charge is 2.34. The van der Waals surface area contributed by atoms with Gasteiger partial charge in [-0.15, -0.1) is 0 Å². The van der Waals surface area contributed by atoms with Crippen LogP contribution >= 0.6 is 0 Å². The van der Waals surface area contributed by atoms with Crippen LogP contribution in [-0.2, 0) is 22.6 Å². The molecule has 2 aromatic rings. The Labute approximate surface area is 152 Å². The van der Waals surface area contributed by atoms with Crippen molar-refractivity contribution >= 4 is 17.5 Å². The molecule has 6 nitrogen and oxygen atoms in total. The first-order valence-electron chi connectivity index (χ1n) is 9.15. The molecule has 4 rings (SSSR count). The van der Waals surface area contributed by atoms with Crippen molar-refractivity contribution < 1.29 is 14.0 Å². The van der Waals surface area contributed by atoms with Gasteiger partial charge in [0.15, 0.2) is 0 Å². The second kappa shape index (κ2) is 7.33. The number of likely N-dealkylation sites (tertiary alicyclic amines) is 1. The number of benzene rings is 1. The summed E-state index contributed by atoms with van der Waals surface area (Å²) in [6.45, 7) is 2.16. The van der Waals surface area contributed by atoms with Crippen LogP contribution in [0.5, 0.6) is 0 Å². The molecule has 1 N–H and O–H groups in total. The monoisotopic (exact) mass is 353 g/mol. The molecule has 2 aliphatic rings. The van der Waals surface area contributed by atoms with Crippen LogP contribution in [0, 0.1) is 0 Å². The number of hydrogen-bond acceptors (Lipinski definition) is 4. The van der Waals surface area contributed by atoms with Crippen LogP contribution in [0.4, 0.5) is 5.69 Å². The Hall–Kier alpha value is -2.60. The maximum Gasteiger partial charge on any atom is 0.241 e. The third-order valence-corrected chi connectivity index (χ3v) is 5.21. The van der Waals surface area contributed by atoms with E-state index in [0.717, 1.165) is 43.8 Å². The number of carbonyl (C=O) groups is 2. The number of carbonyl (C=O) groups excluding carboxylic acids is 2. The predicted octanol–water partition coefficient (Wildman–Crippen LogP) is 1.95. The zero-order valence-electron chi connectivity index (χ0n) is 14.7. The minimum Gasteiger partial charge on any atom is -0.467 e. The Morgan fingerprint density at radius 3 is 2.88 bits per heavy atom. The Bertz CT molecular complexity index is 787. The van der Waals surface area contributed by atoms with Gasteiger partial charge < -0.3 is 14.6 Å². The summed E-state index contributed by atoms with van der Waals surface area (Å²) in [4.78, 5) is 29.2. The van der Waals surface area contributed by atoms with Gasteiger partial charge in [-0.05, 0) is 49.6 Å². The van der Waals surface area contributed by atoms with E-state index in [-0.39, 0.29) is 24.4 Å². The molecule has 2 aliphatic heterocycles. The van der Waals surface area contributed by atoms with Crippen LogP contribution in [0.15, 0.2) is 47.1 Å². The summed E-state index contributed by atoms with van der Waals surface area (Å²) in [5.41, 5.74) is 2.23. The van der Waals surface area contributed by atoms with Gasteiger partial charge in [0.2, 0.25) is 11.8 Å². The number of nitrogens with zero attached hydrogens (tertiary/aromatic N) is 2. The van der Waals surface area contributed by atoms with Crippen molar-refractivity contribution in [3.63, 3.8) is 0 Å². The highest BCUT2D eigenvalue weighted by molar-refractivity contribution is 5.97. The van der Waals surface area contributed by atoms with E-state index in [1.807, 2.05) is 34.1 Å². The van der Waals surface area contributed by atoms with Crippen LogP contribution in [0.25, 0.3) is 0 Å². The third-order valence-electron chi connectivity index (χ3n) is 5.21. The van der Waals surface area contributed by atoms with Crippen molar-refractivity contribution in [1.29, 1.82) is 0 Å². The lowest BCUT2D eigenvalue weighted by Crippen LogP contribution is -2.47. The zero-order chi connectivity index (χ0) is 17.9. The number of para-hydroxylation sites is 1. The van der Waals surface area contributed by atoms with Gasteiger partial charge in [-0.25, -0.2) is 0 Å². The molecule has 1 unspecified atom stereocenters. The number of amides is 2. The quantitative estimate of drug-likeness (QED) is 0.892. The fraction of sp³-hybridized carbons (Fsp3) is 0.400. The second-order valence-electron chi connectivity index (χ2n) is 6.85. The lowest BCUT2D eigenvalue weighted by atomic mass is 10.2. The SMILES string of the molecule is O=C(NCc1ccco1)C1CCCN1CC(=O)N1CCc2ccccc21. The van der Waals surface area contributed by atoms with E-state index < -0.39 is 0 Å². The number of hydrogen-bond donors (Lipinski definition) is 1. The van der Waals surface area contributed by atoms with Gasteiger partial charge in [0, 0.05) is 12.2 Å². The van der Waals surface area contributed by atoms with Gasteiger partial charge in [0.25, 0.3) is 0 Å². The Balaban J connectivity index is 1.36. The molecule has 2 amide bonds. The van der Waals surface area contributed by atoms with Crippen LogP contribution in [-0.4, -0.2) is 42.4 Å². The van der Waals surface area contributed by atoms with Crippen LogP contribution < -0.4 is 10.2 Å². The van der Waals surface area contributed by atoms with E-state index >= 15 is 0 Å². The van der Waals surface area contributed by atoms with Crippen LogP contribution in [0.3, 0.4) is 0 Å². The van der Waals surface area contributed by atoms with Gasteiger partial charge >= 0.3 is 0 Å². The van der Waals surface area contributed by atoms with Crippen molar-refractivity contribution in [2.45, 2.75) is 31.8 Å². The molecule has 1 saturated heterocycles. The first kappa shape index (κ1) is 16.8. The number of anilines is 1. The summed E-state index contributed by atoms with van der Waals surface area (Å²) in [5, 5.41) is 2.92. The highest BCUT2D eigenvalue weighted by Crippen LogP contribution is 2.28. The fourth-order valence-corrected chi connectivity index (χ4v) is 3.87. The molecule has 3 heterocycles. The number of nitrogens with one attached hydrogen (secondary N) is 1. The molecule has 1 aromatic carbocycles. The smallest absolute Gasteiger partial charge is 0.241 e. The minimum absolute atomic E-state index is 0.0338. The molecular weight excluding hydrogens is 330 g/mol. The average Bonchev–Trinajstić information content (AvgIpc) is 3.39. The number of furan rings is 1. The van der Waals surface area contributed by atoms with Gasteiger partial charge in [0.1, 0.15) is 5.76 Å². The molecule has 1 fully saturated rings. The van der Waals surface area contributed by atoms with Gasteiger partial charge in [-0.1, -0.05) is 18.2 Å². The molecule has 136 valence electrons. The summed E-state index contributed by atoms with van der Waals surface area (Å²) < 4.78 is 5.25. The zero-order valence-corrected chi connectivity index (χ0v) is 14.7. The molecule has 0 saturated carbocycles. The normalized spacial score (nSPS) is 19.5. The van der Waals surface area contributed by atoms with Crippen molar-refractivity contribution in [2.24, 2.45) is 0 Å². The van der Waals surface area contributed by atoms with Crippen molar-refractivity contribution in [1.82, 2.24) is 10.2 Å². The topological polar surface area (TPSA) is 65.8 Å². The maximum absolute atomic E-state index is 12.8. The first-order valence-corrected chi connectivity index (χ1v) is 9.15. The number of rotatable bonds is 5. The van der Waals surface area contributed by atoms with E-state index in [1.165, 1.54) is 5.56 Å². The van der Waals surface area contributed by atoms with Crippen molar-refractivity contribution in [2.75, 3.05) is 24.5 Å². The Kier molecular flexibility index (Phi) is 4.75. The Morgan fingerprint density at radius 2 is 2.04 bits per heavy atom. The average molecular weight is 353 g/mol. The second-order valence-corrected chi connectivity index (χ2v) is 6.85. The molecule has 0 aliphatic carbocycles. The van der Waals surface area contributed by atoms with E-state index in [9.17, 15) is 9.59 Å². The fourth-order valence-electron chi connectivity index (χ4n) is 3.87. The molecule has 1 atom stereocenters. The van der Waals surface area contributed by atoms with Crippen LogP contribution in [0.1, 0.15) is 24.2 Å². The summed E-state index contributed by atoms with van der Waals surface area (Å²) in [5.74, 6) is 0.766. The first-order chi connectivity index (χ1) is 12.7. The molecule has 1 aromatic heterocycles. The van der Waals surface area contributed by atoms with Crippen LogP contribution in [0.2, 0.25) is 0 Å². The van der Waals surface area contributed by atoms with Gasteiger partial charge in [-0.2, -0.15) is 0 Å². The molecule has 6 heteroatoms. The molecular formula is C20H23N3O3. The van der Waals surface area contributed by atoms with E-state index in [2.05, 4.69) is 11.4 Å². The number of fused-ring (bicyclic) bond motifs is 1. The summed E-state index contributed by atoms with van der Waals surface area (Å²) in [7, 11) is 0. The van der Waals surface area contributed by atoms with E-state index in [1.54, 1.807) is 12.3 Å². The lowest BCUT2D eigenvalue weighted by molar-refractivity contribution is -0.127. The summed E-state index contributed by atoms with van der Waals surface area (Å²) in [6.07, 6.45) is 4.21. The van der Waals surface area contributed by atoms with Gasteiger partial charge in [0.05, 0.1) is 25.4 Å². The molecule has 0 radical (unpaired) electrons.